The first-order valence-corrected chi connectivity index (χ1v) is 6.87. The Morgan fingerprint density at radius 3 is 2.94 bits per heavy atom. The fourth-order valence-corrected chi connectivity index (χ4v) is 3.57. The molecule has 2 heterocycles. The number of fused-ring (bicyclic) bond motifs is 1. The van der Waals surface area contributed by atoms with Crippen LogP contribution in [0.1, 0.15) is 12.0 Å². The van der Waals surface area contributed by atoms with Crippen molar-refractivity contribution in [2.45, 2.75) is 29.6 Å². The molecule has 0 spiro atoms. The summed E-state index contributed by atoms with van der Waals surface area (Å²) in [6.45, 7) is 1.73. The van der Waals surface area contributed by atoms with Crippen molar-refractivity contribution >= 4 is 11.8 Å². The SMILES string of the molecule is c1ccc(CSC2COC3CCOC32)cc1. The van der Waals surface area contributed by atoms with Crippen LogP contribution in [0.25, 0.3) is 0 Å². The van der Waals surface area contributed by atoms with Gasteiger partial charge in [-0.2, -0.15) is 0 Å². The van der Waals surface area contributed by atoms with Gasteiger partial charge in [0.05, 0.1) is 24.1 Å². The van der Waals surface area contributed by atoms with Gasteiger partial charge in [-0.1, -0.05) is 30.3 Å². The van der Waals surface area contributed by atoms with Crippen LogP contribution in [0.5, 0.6) is 0 Å². The summed E-state index contributed by atoms with van der Waals surface area (Å²) in [4.78, 5) is 0. The predicted molar refractivity (Wildman–Crippen MR) is 65.6 cm³/mol. The lowest BCUT2D eigenvalue weighted by molar-refractivity contribution is 0.0738. The molecule has 16 heavy (non-hydrogen) atoms. The maximum absolute atomic E-state index is 5.73. The third-order valence-electron chi connectivity index (χ3n) is 3.23. The minimum absolute atomic E-state index is 0.341. The molecule has 3 unspecified atom stereocenters. The van der Waals surface area contributed by atoms with Crippen LogP contribution < -0.4 is 0 Å². The normalized spacial score (nSPS) is 32.9. The highest BCUT2D eigenvalue weighted by Gasteiger charge is 2.41. The van der Waals surface area contributed by atoms with Gasteiger partial charge in [-0.05, 0) is 12.0 Å². The fourth-order valence-electron chi connectivity index (χ4n) is 2.35. The highest BCUT2D eigenvalue weighted by Crippen LogP contribution is 2.34. The summed E-state index contributed by atoms with van der Waals surface area (Å²) < 4.78 is 11.5. The molecule has 0 bridgehead atoms. The Morgan fingerprint density at radius 2 is 2.06 bits per heavy atom. The molecule has 0 N–H and O–H groups in total. The molecule has 2 aliphatic rings. The highest BCUT2D eigenvalue weighted by molar-refractivity contribution is 7.99. The number of hydrogen-bond donors (Lipinski definition) is 0. The van der Waals surface area contributed by atoms with E-state index in [9.17, 15) is 0 Å². The van der Waals surface area contributed by atoms with Crippen LogP contribution in [0, 0.1) is 0 Å². The third-order valence-corrected chi connectivity index (χ3v) is 4.56. The Kier molecular flexibility index (Phi) is 3.18. The zero-order valence-electron chi connectivity index (χ0n) is 9.17. The van der Waals surface area contributed by atoms with E-state index in [1.54, 1.807) is 0 Å². The third kappa shape index (κ3) is 2.12. The van der Waals surface area contributed by atoms with E-state index in [4.69, 9.17) is 9.47 Å². The molecule has 0 saturated carbocycles. The molecule has 2 saturated heterocycles. The molecule has 2 nitrogen and oxygen atoms in total. The number of benzene rings is 1. The van der Waals surface area contributed by atoms with Crippen molar-refractivity contribution in [3.05, 3.63) is 35.9 Å². The molecule has 0 radical (unpaired) electrons. The molecule has 0 aliphatic carbocycles. The van der Waals surface area contributed by atoms with E-state index >= 15 is 0 Å². The average Bonchev–Trinajstić information content (AvgIpc) is 2.90. The molecule has 0 aromatic heterocycles. The number of rotatable bonds is 3. The Hall–Kier alpha value is -0.510. The standard InChI is InChI=1S/C13H16O2S/c1-2-4-10(5-3-1)9-16-12-8-15-11-6-7-14-13(11)12/h1-5,11-13H,6-9H2. The fraction of sp³-hybridized carbons (Fsp3) is 0.538. The van der Waals surface area contributed by atoms with E-state index in [1.165, 1.54) is 5.56 Å². The lowest BCUT2D eigenvalue weighted by atomic mass is 10.2. The molecule has 0 amide bonds. The van der Waals surface area contributed by atoms with Crippen LogP contribution in [0.3, 0.4) is 0 Å². The first kappa shape index (κ1) is 10.6. The summed E-state index contributed by atoms with van der Waals surface area (Å²) in [6, 6.07) is 10.6. The Labute approximate surface area is 100 Å². The molecule has 2 aliphatic heterocycles. The molecule has 86 valence electrons. The minimum atomic E-state index is 0.341. The largest absolute Gasteiger partial charge is 0.374 e. The summed E-state index contributed by atoms with van der Waals surface area (Å²) in [6.07, 6.45) is 1.79. The molecule has 2 fully saturated rings. The van der Waals surface area contributed by atoms with E-state index in [0.29, 0.717) is 17.5 Å². The maximum atomic E-state index is 5.73. The van der Waals surface area contributed by atoms with Crippen LogP contribution >= 0.6 is 11.8 Å². The molecule has 1 aromatic rings. The molecular formula is C13H16O2S. The average molecular weight is 236 g/mol. The lowest BCUT2D eigenvalue weighted by Crippen LogP contribution is -2.24. The van der Waals surface area contributed by atoms with Crippen molar-refractivity contribution in [1.29, 1.82) is 0 Å². The molecule has 1 aromatic carbocycles. The topological polar surface area (TPSA) is 18.5 Å². The van der Waals surface area contributed by atoms with Crippen molar-refractivity contribution in [2.24, 2.45) is 0 Å². The van der Waals surface area contributed by atoms with E-state index in [1.807, 2.05) is 11.8 Å². The quantitative estimate of drug-likeness (QED) is 0.803. The van der Waals surface area contributed by atoms with Crippen LogP contribution in [-0.2, 0) is 15.2 Å². The second kappa shape index (κ2) is 4.78. The van der Waals surface area contributed by atoms with Crippen molar-refractivity contribution in [3.63, 3.8) is 0 Å². The molecule has 3 rings (SSSR count). The Morgan fingerprint density at radius 1 is 1.19 bits per heavy atom. The van der Waals surface area contributed by atoms with E-state index < -0.39 is 0 Å². The first-order valence-electron chi connectivity index (χ1n) is 5.82. The van der Waals surface area contributed by atoms with Gasteiger partial charge in [0.2, 0.25) is 0 Å². The monoisotopic (exact) mass is 236 g/mol. The van der Waals surface area contributed by atoms with Gasteiger partial charge >= 0.3 is 0 Å². The minimum Gasteiger partial charge on any atom is -0.374 e. The van der Waals surface area contributed by atoms with Crippen LogP contribution in [-0.4, -0.2) is 30.7 Å². The summed E-state index contributed by atoms with van der Waals surface area (Å²) in [5.41, 5.74) is 1.38. The predicted octanol–water partition coefficient (Wildman–Crippen LogP) is 2.48. The second-order valence-corrected chi connectivity index (χ2v) is 5.56. The van der Waals surface area contributed by atoms with E-state index in [0.717, 1.165) is 25.4 Å². The maximum Gasteiger partial charge on any atom is 0.0978 e. The summed E-state index contributed by atoms with van der Waals surface area (Å²) in [7, 11) is 0. The van der Waals surface area contributed by atoms with Gasteiger partial charge in [-0.15, -0.1) is 11.8 Å². The first-order chi connectivity index (χ1) is 7.93. The van der Waals surface area contributed by atoms with Crippen molar-refractivity contribution in [1.82, 2.24) is 0 Å². The number of hydrogen-bond acceptors (Lipinski definition) is 3. The van der Waals surface area contributed by atoms with Gasteiger partial charge < -0.3 is 9.47 Å². The van der Waals surface area contributed by atoms with Gasteiger partial charge in [0, 0.05) is 12.4 Å². The Bertz CT molecular complexity index is 341. The van der Waals surface area contributed by atoms with E-state index in [-0.39, 0.29) is 0 Å². The van der Waals surface area contributed by atoms with Gasteiger partial charge in [-0.3, -0.25) is 0 Å². The van der Waals surface area contributed by atoms with E-state index in [2.05, 4.69) is 30.3 Å². The molecule has 3 atom stereocenters. The zero-order valence-corrected chi connectivity index (χ0v) is 9.99. The zero-order chi connectivity index (χ0) is 10.8. The van der Waals surface area contributed by atoms with Gasteiger partial charge in [0.15, 0.2) is 0 Å². The summed E-state index contributed by atoms with van der Waals surface area (Å²) >= 11 is 1.96. The number of ether oxygens (including phenoxy) is 2. The van der Waals surface area contributed by atoms with Crippen molar-refractivity contribution in [3.8, 4) is 0 Å². The van der Waals surface area contributed by atoms with Gasteiger partial charge in [-0.25, -0.2) is 0 Å². The van der Waals surface area contributed by atoms with Crippen molar-refractivity contribution in [2.75, 3.05) is 13.2 Å². The second-order valence-electron chi connectivity index (χ2n) is 4.33. The van der Waals surface area contributed by atoms with Crippen LogP contribution in [0.15, 0.2) is 30.3 Å². The Balaban J connectivity index is 1.56. The molecular weight excluding hydrogens is 220 g/mol. The van der Waals surface area contributed by atoms with Gasteiger partial charge in [0.1, 0.15) is 0 Å². The lowest BCUT2D eigenvalue weighted by Gasteiger charge is -2.15. The van der Waals surface area contributed by atoms with Crippen LogP contribution in [0.2, 0.25) is 0 Å². The summed E-state index contributed by atoms with van der Waals surface area (Å²) in [5, 5.41) is 0.521. The van der Waals surface area contributed by atoms with Gasteiger partial charge in [0.25, 0.3) is 0 Å². The molecule has 3 heteroatoms. The highest BCUT2D eigenvalue weighted by atomic mass is 32.2. The summed E-state index contributed by atoms with van der Waals surface area (Å²) in [5.74, 6) is 1.06. The number of thioether (sulfide) groups is 1. The smallest absolute Gasteiger partial charge is 0.0978 e. The van der Waals surface area contributed by atoms with Crippen molar-refractivity contribution < 1.29 is 9.47 Å². The van der Waals surface area contributed by atoms with Crippen LogP contribution in [0.4, 0.5) is 0 Å².